The molecule has 0 aliphatic rings. The van der Waals surface area contributed by atoms with E-state index in [9.17, 15) is 0 Å². The number of nitrogens with zero attached hydrogens (tertiary/aromatic N) is 4. The fourth-order valence-electron chi connectivity index (χ4n) is 24.4. The van der Waals surface area contributed by atoms with Crippen LogP contribution in [0.3, 0.4) is 0 Å². The molecule has 0 amide bonds. The van der Waals surface area contributed by atoms with Gasteiger partial charge in [0.25, 0.3) is 66.7 Å². The largest absolute Gasteiger partial charge is 0.288 e. The average molecular weight is 1760 g/mol. The van der Waals surface area contributed by atoms with Crippen LogP contribution in [0.4, 0.5) is 0 Å². The van der Waals surface area contributed by atoms with Gasteiger partial charge < -0.3 is 0 Å². The van der Waals surface area contributed by atoms with E-state index in [-0.39, 0.29) is 140 Å². The van der Waals surface area contributed by atoms with E-state index in [2.05, 4.69) is 65.4 Å². The van der Waals surface area contributed by atoms with Crippen LogP contribution in [0.25, 0.3) is 172 Å². The summed E-state index contributed by atoms with van der Waals surface area (Å²) >= 11 is 0. The number of pyridine rings is 6. The van der Waals surface area contributed by atoms with Crippen molar-refractivity contribution in [1.82, 2.24) is 28.2 Å². The number of hydrogen-bond acceptors (Lipinski definition) is 12. The second kappa shape index (κ2) is 39.6. The topological polar surface area (TPSA) is 256 Å². The predicted molar refractivity (Wildman–Crippen MR) is 546 cm³/mol. The molecule has 0 radical (unpaired) electrons. The lowest BCUT2D eigenvalue weighted by Crippen LogP contribution is -2.39. The van der Waals surface area contributed by atoms with Gasteiger partial charge in [-0.25, -0.2) is 0 Å². The van der Waals surface area contributed by atoms with E-state index in [4.69, 9.17) is 0 Å². The van der Waals surface area contributed by atoms with Gasteiger partial charge in [0.05, 0.1) is 21.5 Å². The van der Waals surface area contributed by atoms with E-state index in [0.29, 0.717) is 83.7 Å². The summed E-state index contributed by atoms with van der Waals surface area (Å²) in [6, 6.07) is 11.2. The van der Waals surface area contributed by atoms with Gasteiger partial charge in [0.15, 0.2) is 0 Å². The quantitative estimate of drug-likeness (QED) is 0.0205. The number of rotatable bonds is 52. The predicted octanol–water partition coefficient (Wildman–Crippen LogP) is 26.3. The zero-order valence-electron chi connectivity index (χ0n) is 78.6. The van der Waals surface area contributed by atoms with Crippen molar-refractivity contribution in [1.29, 1.82) is 0 Å². The molecule has 0 saturated heterocycles. The highest BCUT2D eigenvalue weighted by Crippen LogP contribution is 2.58. The summed E-state index contributed by atoms with van der Waals surface area (Å²) < 4.78 is 5.82. The van der Waals surface area contributed by atoms with Crippen molar-refractivity contribution < 1.29 is 0 Å². The molecule has 18 nitrogen and oxygen atoms in total. The maximum atomic E-state index is 17.6. The van der Waals surface area contributed by atoms with E-state index >= 15 is 57.5 Å². The first-order chi connectivity index (χ1) is 63.4. The third-order valence-electron chi connectivity index (χ3n) is 30.8. The van der Waals surface area contributed by atoms with Crippen LogP contribution < -0.4 is 66.7 Å². The molecule has 11 aromatic carbocycles. The molecule has 0 atom stereocenters. The lowest BCUT2D eigenvalue weighted by molar-refractivity contribution is 0.382. The molecule has 17 aromatic rings. The van der Waals surface area contributed by atoms with Gasteiger partial charge in [-0.1, -0.05) is 312 Å². The molecular formula is C112H134N6O12. The molecule has 0 unspecified atom stereocenters. The van der Waals surface area contributed by atoms with E-state index in [0.717, 1.165) is 257 Å². The summed E-state index contributed by atoms with van der Waals surface area (Å²) in [6.07, 6.45) is 41.2. The second-order valence-corrected chi connectivity index (χ2v) is 39.4. The lowest BCUT2D eigenvalue weighted by atomic mass is 9.75. The highest BCUT2D eigenvalue weighted by atomic mass is 16.2. The number of unbranched alkanes of at least 4 members (excludes halogenated alkanes) is 32. The minimum absolute atomic E-state index is 0.0455. The van der Waals surface area contributed by atoms with Crippen molar-refractivity contribution in [3.05, 3.63) is 173 Å². The van der Waals surface area contributed by atoms with Crippen LogP contribution in [0.2, 0.25) is 0 Å². The molecular weight excluding hydrogens is 1620 g/mol. The minimum atomic E-state index is -0.757. The molecule has 18 heteroatoms. The Balaban J connectivity index is 1.13. The SMILES string of the molecule is CCCCCCCC(CCCCCCC)n1c(=O)c2ccc3c(=O)n(C(CCCCCCC)CCCCCCC)c(=O)c4c3c2c(c1=O)c1c2cc3c(=O)[nH]c(=O)c5cc6c7c8c(=O)n(C(CCCCCCC)CCCCCCC)c(=O)c9ccc%10c(=O)n(C(CCCCCCC)CCCCCCC)c(=O)c(c%10c98)c7c7cc8c(=O)[nH]c(=O)c9cc(c41)c1c2c(c35)c6c7c1c98. The fraction of sp³-hybridized carbons (Fsp3) is 0.536. The summed E-state index contributed by atoms with van der Waals surface area (Å²) in [5.74, 6) is 0. The third-order valence-corrected chi connectivity index (χ3v) is 30.8. The lowest BCUT2D eigenvalue weighted by Gasteiger charge is -2.28. The first-order valence-electron chi connectivity index (χ1n) is 51.3. The number of H-pyrrole nitrogens is 2. The molecule has 130 heavy (non-hydrogen) atoms. The van der Waals surface area contributed by atoms with Crippen molar-refractivity contribution in [2.45, 2.75) is 388 Å². The fourth-order valence-corrected chi connectivity index (χ4v) is 24.4. The zero-order valence-corrected chi connectivity index (χ0v) is 78.6. The molecule has 2 N–H and O–H groups in total. The van der Waals surface area contributed by atoms with Crippen LogP contribution in [0.15, 0.2) is 106 Å². The van der Waals surface area contributed by atoms with Crippen molar-refractivity contribution in [3.63, 3.8) is 0 Å². The van der Waals surface area contributed by atoms with Crippen molar-refractivity contribution >= 4 is 172 Å². The summed E-state index contributed by atoms with van der Waals surface area (Å²) in [6.45, 7) is 17.3. The van der Waals surface area contributed by atoms with Crippen LogP contribution in [-0.2, 0) is 0 Å². The number of nitrogens with one attached hydrogen (secondary N) is 2. The number of hydrogen-bond donors (Lipinski definition) is 2. The van der Waals surface area contributed by atoms with Gasteiger partial charge in [0, 0.05) is 132 Å². The van der Waals surface area contributed by atoms with Crippen molar-refractivity contribution in [3.8, 4) is 0 Å². The molecule has 17 rings (SSSR count). The van der Waals surface area contributed by atoms with E-state index in [1.165, 1.54) is 18.3 Å². The van der Waals surface area contributed by atoms with Gasteiger partial charge in [-0.15, -0.1) is 0 Å². The molecule has 0 saturated carbocycles. The summed E-state index contributed by atoms with van der Waals surface area (Å²) in [5.41, 5.74) is -7.73. The average Bonchev–Trinajstić information content (AvgIpc) is 0.642. The Labute approximate surface area is 756 Å². The Morgan fingerprint density at radius 2 is 0.323 bits per heavy atom. The first kappa shape index (κ1) is 91.5. The van der Waals surface area contributed by atoms with Gasteiger partial charge in [-0.2, -0.15) is 0 Å². The summed E-state index contributed by atoms with van der Waals surface area (Å²) in [4.78, 5) is 206. The molecule has 0 fully saturated rings. The Hall–Kier alpha value is -10.4. The van der Waals surface area contributed by atoms with E-state index < -0.39 is 90.9 Å². The van der Waals surface area contributed by atoms with Crippen LogP contribution in [0.5, 0.6) is 0 Å². The van der Waals surface area contributed by atoms with Crippen LogP contribution in [0, 0.1) is 0 Å². The van der Waals surface area contributed by atoms with Gasteiger partial charge >= 0.3 is 0 Å². The zero-order chi connectivity index (χ0) is 91.0. The molecule has 0 aliphatic heterocycles. The Kier molecular flexibility index (Phi) is 27.9. The van der Waals surface area contributed by atoms with Gasteiger partial charge in [0.2, 0.25) is 0 Å². The molecule has 684 valence electrons. The Bertz CT molecular complexity index is 6840. The molecule has 0 aliphatic carbocycles. The molecule has 6 aromatic heterocycles. The normalized spacial score (nSPS) is 12.9. The maximum absolute atomic E-state index is 17.6. The van der Waals surface area contributed by atoms with Crippen molar-refractivity contribution in [2.24, 2.45) is 0 Å². The minimum Gasteiger partial charge on any atom is -0.288 e. The molecule has 6 heterocycles. The first-order valence-corrected chi connectivity index (χ1v) is 51.3. The Morgan fingerprint density at radius 3 is 0.492 bits per heavy atom. The van der Waals surface area contributed by atoms with Crippen LogP contribution in [0.1, 0.15) is 388 Å². The van der Waals surface area contributed by atoms with Crippen LogP contribution in [-0.4, -0.2) is 28.2 Å². The molecule has 0 bridgehead atoms. The monoisotopic (exact) mass is 1760 g/mol. The van der Waals surface area contributed by atoms with Gasteiger partial charge in [-0.3, -0.25) is 85.8 Å². The summed E-state index contributed by atoms with van der Waals surface area (Å²) in [5, 5.41) is 6.27. The van der Waals surface area contributed by atoms with Gasteiger partial charge in [0.1, 0.15) is 0 Å². The van der Waals surface area contributed by atoms with Gasteiger partial charge in [-0.05, 0) is 143 Å². The number of aromatic amines is 2. The Morgan fingerprint density at radius 1 is 0.169 bits per heavy atom. The standard InChI is InChI=1S/C112H134N6O12/c1-9-17-25-33-41-49-65(50-42-34-26-18-10-2)115-105(123)69-57-58-70-84-83(69)97(109(115)127)91-73-61-77-81-79(103(121)113-101(77)119)63-75-89-90-76(64-80-82-78(102(120)114-104(80)122)62-74(88(96(82)90)87(73)95(81)89)92(91)98(84)110(128)116(106(70)124)66(51-43-35-27-19-11-3)52-44-36-28-20-12-4)94-93(75)99-85-71(107(125)117(111(99)129)67(53-45-37-29-21-13-5)54-46-38-30-22-14-6)59-60-72-86(85)100(94)112(130)118(108(72)126)68(55-47-39-31-23-15-7)56-48-40-32-24-16-8/h57-68H,9-56H2,1-8H3,(H,113,119,121)(H,114,120,122). The summed E-state index contributed by atoms with van der Waals surface area (Å²) in [7, 11) is 0. The maximum Gasteiger partial charge on any atom is 0.262 e. The highest BCUT2D eigenvalue weighted by molar-refractivity contribution is 6.58. The van der Waals surface area contributed by atoms with E-state index in [1.807, 2.05) is 0 Å². The molecule has 0 spiro atoms. The third kappa shape index (κ3) is 15.7. The number of fused-ring (bicyclic) bond motifs is 10. The van der Waals surface area contributed by atoms with E-state index in [1.54, 1.807) is 48.5 Å². The second-order valence-electron chi connectivity index (χ2n) is 39.4. The highest BCUT2D eigenvalue weighted by Gasteiger charge is 2.38. The number of benzene rings is 11. The smallest absolute Gasteiger partial charge is 0.262 e. The van der Waals surface area contributed by atoms with Crippen molar-refractivity contribution in [2.75, 3.05) is 0 Å². The number of aromatic nitrogens is 6. The van der Waals surface area contributed by atoms with Crippen LogP contribution >= 0.6 is 0 Å².